The van der Waals surface area contributed by atoms with Crippen molar-refractivity contribution in [3.8, 4) is 5.75 Å². The Kier molecular flexibility index (Phi) is 3.72. The maximum atomic E-state index is 8.68. The Morgan fingerprint density at radius 3 is 3.06 bits per heavy atom. The van der Waals surface area contributed by atoms with Gasteiger partial charge in [0.15, 0.2) is 5.84 Å². The van der Waals surface area contributed by atoms with Gasteiger partial charge in [-0.1, -0.05) is 23.4 Å². The van der Waals surface area contributed by atoms with Crippen LogP contribution in [0.25, 0.3) is 0 Å². The van der Waals surface area contributed by atoms with Gasteiger partial charge in [-0.05, 0) is 20.0 Å². The summed E-state index contributed by atoms with van der Waals surface area (Å²) in [7, 11) is 1.96. The van der Waals surface area contributed by atoms with E-state index in [2.05, 4.69) is 16.1 Å². The molecule has 0 saturated carbocycles. The number of nitrogens with zero attached hydrogens (tertiary/aromatic N) is 2. The minimum absolute atomic E-state index is 0.0947. The summed E-state index contributed by atoms with van der Waals surface area (Å²) in [6.07, 6.45) is 0. The molecule has 0 saturated heterocycles. The van der Waals surface area contributed by atoms with Gasteiger partial charge in [0.25, 0.3) is 0 Å². The molecule has 2 atom stereocenters. The second-order valence-corrected chi connectivity index (χ2v) is 4.69. The van der Waals surface area contributed by atoms with Gasteiger partial charge in [0.05, 0.1) is 12.6 Å². The minimum Gasteiger partial charge on any atom is -0.493 e. The molecule has 5 heteroatoms. The Morgan fingerprint density at radius 2 is 2.33 bits per heavy atom. The summed E-state index contributed by atoms with van der Waals surface area (Å²) in [6.45, 7) is 3.41. The van der Waals surface area contributed by atoms with E-state index in [0.29, 0.717) is 12.5 Å². The Morgan fingerprint density at radius 1 is 1.61 bits per heavy atom. The highest BCUT2D eigenvalue weighted by atomic mass is 16.5. The first-order valence-electron chi connectivity index (χ1n) is 6.03. The van der Waals surface area contributed by atoms with Crippen molar-refractivity contribution in [2.24, 2.45) is 10.9 Å². The van der Waals surface area contributed by atoms with E-state index < -0.39 is 0 Å². The predicted octanol–water partition coefficient (Wildman–Crippen LogP) is 1.23. The molecule has 1 heterocycles. The van der Waals surface area contributed by atoms with Crippen molar-refractivity contribution in [2.45, 2.75) is 18.9 Å². The molecular weight excluding hydrogens is 230 g/mol. The summed E-state index contributed by atoms with van der Waals surface area (Å²) in [5.74, 6) is 1.53. The van der Waals surface area contributed by atoms with Gasteiger partial charge >= 0.3 is 0 Å². The highest BCUT2D eigenvalue weighted by molar-refractivity contribution is 5.84. The number of hydrogen-bond donors (Lipinski definition) is 2. The zero-order chi connectivity index (χ0) is 13.1. The molecule has 1 aliphatic heterocycles. The quantitative estimate of drug-likeness (QED) is 0.364. The third kappa shape index (κ3) is 2.41. The lowest BCUT2D eigenvalue weighted by atomic mass is 10.0. The third-order valence-corrected chi connectivity index (χ3v) is 3.51. The van der Waals surface area contributed by atoms with Gasteiger partial charge in [0.1, 0.15) is 5.75 Å². The average molecular weight is 249 g/mol. The Balaban J connectivity index is 2.04. The average Bonchev–Trinajstić information content (AvgIpc) is 2.80. The standard InChI is InChI=1S/C13H19N3O2/c1-9(13(14)15-17)16(2)7-10-8-18-12-6-4-3-5-11(10)12/h3-6,9-10,17H,7-8H2,1-2H3,(H2,14,15). The molecular formula is C13H19N3O2. The molecule has 2 rings (SSSR count). The molecule has 0 aliphatic carbocycles. The van der Waals surface area contributed by atoms with Crippen LogP contribution in [0.1, 0.15) is 18.4 Å². The van der Waals surface area contributed by atoms with Crippen LogP contribution >= 0.6 is 0 Å². The Hall–Kier alpha value is -1.75. The van der Waals surface area contributed by atoms with Crippen LogP contribution in [0, 0.1) is 0 Å². The van der Waals surface area contributed by atoms with Crippen LogP contribution in [0.3, 0.4) is 0 Å². The van der Waals surface area contributed by atoms with Crippen molar-refractivity contribution >= 4 is 5.84 Å². The lowest BCUT2D eigenvalue weighted by molar-refractivity contribution is 0.247. The van der Waals surface area contributed by atoms with Gasteiger partial charge in [-0.25, -0.2) is 0 Å². The molecule has 0 fully saturated rings. The summed E-state index contributed by atoms with van der Waals surface area (Å²) in [4.78, 5) is 2.06. The molecule has 0 aromatic heterocycles. The number of rotatable bonds is 4. The second-order valence-electron chi connectivity index (χ2n) is 4.69. The molecule has 1 aliphatic rings. The van der Waals surface area contributed by atoms with Gasteiger partial charge in [-0.2, -0.15) is 0 Å². The molecule has 5 nitrogen and oxygen atoms in total. The smallest absolute Gasteiger partial charge is 0.156 e. The number of hydrogen-bond acceptors (Lipinski definition) is 4. The molecule has 0 bridgehead atoms. The molecule has 2 unspecified atom stereocenters. The number of fused-ring (bicyclic) bond motifs is 1. The number of likely N-dealkylation sites (N-methyl/N-ethyl adjacent to an activating group) is 1. The summed E-state index contributed by atoms with van der Waals surface area (Å²) in [5.41, 5.74) is 6.85. The SMILES string of the molecule is CC(C(N)=NO)N(C)CC1COc2ccccc21. The molecule has 1 aromatic carbocycles. The molecule has 3 N–H and O–H groups in total. The van der Waals surface area contributed by atoms with Crippen molar-refractivity contribution in [3.05, 3.63) is 29.8 Å². The van der Waals surface area contributed by atoms with Crippen molar-refractivity contribution in [1.82, 2.24) is 4.90 Å². The van der Waals surface area contributed by atoms with Crippen molar-refractivity contribution < 1.29 is 9.94 Å². The molecule has 18 heavy (non-hydrogen) atoms. The Bertz CT molecular complexity index is 448. The largest absolute Gasteiger partial charge is 0.493 e. The summed E-state index contributed by atoms with van der Waals surface area (Å²) in [5, 5.41) is 11.7. The van der Waals surface area contributed by atoms with Gasteiger partial charge < -0.3 is 15.7 Å². The fraction of sp³-hybridized carbons (Fsp3) is 0.462. The maximum Gasteiger partial charge on any atom is 0.156 e. The molecule has 0 radical (unpaired) electrons. The second kappa shape index (κ2) is 5.27. The summed E-state index contributed by atoms with van der Waals surface area (Å²) < 4.78 is 5.64. The van der Waals surface area contributed by atoms with Crippen LogP contribution in [-0.4, -0.2) is 42.2 Å². The summed E-state index contributed by atoms with van der Waals surface area (Å²) >= 11 is 0. The first kappa shape index (κ1) is 12.7. The monoisotopic (exact) mass is 249 g/mol. The van der Waals surface area contributed by atoms with E-state index in [0.717, 1.165) is 12.3 Å². The van der Waals surface area contributed by atoms with Gasteiger partial charge in [-0.15, -0.1) is 0 Å². The van der Waals surface area contributed by atoms with Crippen molar-refractivity contribution in [1.29, 1.82) is 0 Å². The lowest BCUT2D eigenvalue weighted by Gasteiger charge is -2.25. The number of nitrogens with two attached hydrogens (primary N) is 1. The fourth-order valence-electron chi connectivity index (χ4n) is 2.20. The van der Waals surface area contributed by atoms with Crippen molar-refractivity contribution in [3.63, 3.8) is 0 Å². The first-order valence-corrected chi connectivity index (χ1v) is 6.03. The first-order chi connectivity index (χ1) is 8.63. The van der Waals surface area contributed by atoms with Crippen LogP contribution < -0.4 is 10.5 Å². The molecule has 98 valence electrons. The highest BCUT2D eigenvalue weighted by Gasteiger charge is 2.26. The molecule has 0 spiro atoms. The van der Waals surface area contributed by atoms with Crippen LogP contribution in [-0.2, 0) is 0 Å². The normalized spacial score (nSPS) is 20.6. The molecule has 0 amide bonds. The number of para-hydroxylation sites is 1. The van der Waals surface area contributed by atoms with E-state index in [1.165, 1.54) is 5.56 Å². The van der Waals surface area contributed by atoms with Crippen LogP contribution in [0.2, 0.25) is 0 Å². The number of ether oxygens (including phenoxy) is 1. The van der Waals surface area contributed by atoms with Crippen LogP contribution in [0.5, 0.6) is 5.75 Å². The van der Waals surface area contributed by atoms with E-state index in [1.807, 2.05) is 32.2 Å². The van der Waals surface area contributed by atoms with E-state index in [-0.39, 0.29) is 11.9 Å². The zero-order valence-corrected chi connectivity index (χ0v) is 10.7. The lowest BCUT2D eigenvalue weighted by Crippen LogP contribution is -2.42. The fourth-order valence-corrected chi connectivity index (χ4v) is 2.20. The van der Waals surface area contributed by atoms with E-state index in [9.17, 15) is 0 Å². The Labute approximate surface area is 107 Å². The number of amidine groups is 1. The molecule has 1 aromatic rings. The number of benzene rings is 1. The number of oxime groups is 1. The van der Waals surface area contributed by atoms with Gasteiger partial charge in [0, 0.05) is 18.0 Å². The maximum absolute atomic E-state index is 8.68. The minimum atomic E-state index is -0.0947. The summed E-state index contributed by atoms with van der Waals surface area (Å²) in [6, 6.07) is 7.98. The van der Waals surface area contributed by atoms with Crippen LogP contribution in [0.4, 0.5) is 0 Å². The highest BCUT2D eigenvalue weighted by Crippen LogP contribution is 2.33. The third-order valence-electron chi connectivity index (χ3n) is 3.51. The van der Waals surface area contributed by atoms with Gasteiger partial charge in [-0.3, -0.25) is 4.90 Å². The predicted molar refractivity (Wildman–Crippen MR) is 70.2 cm³/mol. The van der Waals surface area contributed by atoms with E-state index in [1.54, 1.807) is 0 Å². The van der Waals surface area contributed by atoms with E-state index >= 15 is 0 Å². The van der Waals surface area contributed by atoms with Gasteiger partial charge in [0.2, 0.25) is 0 Å². The van der Waals surface area contributed by atoms with Crippen molar-refractivity contribution in [2.75, 3.05) is 20.2 Å². The topological polar surface area (TPSA) is 71.1 Å². The zero-order valence-electron chi connectivity index (χ0n) is 10.7. The van der Waals surface area contributed by atoms with Crippen LogP contribution in [0.15, 0.2) is 29.4 Å². The van der Waals surface area contributed by atoms with E-state index in [4.69, 9.17) is 15.7 Å².